The van der Waals surface area contributed by atoms with E-state index in [0.29, 0.717) is 27.7 Å². The van der Waals surface area contributed by atoms with Crippen LogP contribution in [0.5, 0.6) is 0 Å². The van der Waals surface area contributed by atoms with Crippen LogP contribution in [0.15, 0.2) is 60.7 Å². The minimum absolute atomic E-state index is 0.316. The van der Waals surface area contributed by atoms with Gasteiger partial charge in [-0.25, -0.2) is 0 Å². The Hall–Kier alpha value is -3.87. The van der Waals surface area contributed by atoms with Crippen LogP contribution in [0.1, 0.15) is 32.8 Å². The summed E-state index contributed by atoms with van der Waals surface area (Å²) < 4.78 is 0. The Morgan fingerprint density at radius 1 is 0.893 bits per heavy atom. The van der Waals surface area contributed by atoms with Crippen molar-refractivity contribution in [3.05, 3.63) is 77.5 Å². The monoisotopic (exact) mass is 375 g/mol. The number of fused-ring (bicyclic) bond motifs is 1. The van der Waals surface area contributed by atoms with Crippen LogP contribution in [0.3, 0.4) is 0 Å². The minimum Gasteiger partial charge on any atom is -0.294 e. The number of rotatable bonds is 5. The van der Waals surface area contributed by atoms with Crippen molar-refractivity contribution < 1.29 is 19.2 Å². The molecule has 0 bridgehead atoms. The smallest absolute Gasteiger partial charge is 0.294 e. The number of nitrogens with zero attached hydrogens (tertiary/aromatic N) is 1. The SMILES string of the molecule is Cc1cc(C(=O)NNC(=O)C(=O)CC(=O)c2ccccc2)c2ccccc2n1. The molecule has 0 aliphatic carbocycles. The summed E-state index contributed by atoms with van der Waals surface area (Å²) in [5.41, 5.74) is 6.21. The fraction of sp³-hybridized carbons (Fsp3) is 0.0952. The van der Waals surface area contributed by atoms with Crippen LogP contribution in [0.2, 0.25) is 0 Å². The van der Waals surface area contributed by atoms with Crippen LogP contribution >= 0.6 is 0 Å². The van der Waals surface area contributed by atoms with Gasteiger partial charge in [0, 0.05) is 16.6 Å². The van der Waals surface area contributed by atoms with E-state index in [4.69, 9.17) is 0 Å². The largest absolute Gasteiger partial charge is 0.306 e. The Labute approximate surface area is 160 Å². The van der Waals surface area contributed by atoms with Crippen molar-refractivity contribution in [1.29, 1.82) is 0 Å². The summed E-state index contributed by atoms with van der Waals surface area (Å²) in [6.45, 7) is 1.75. The highest BCUT2D eigenvalue weighted by Gasteiger charge is 2.20. The van der Waals surface area contributed by atoms with Gasteiger partial charge < -0.3 is 0 Å². The molecule has 1 heterocycles. The molecule has 7 heteroatoms. The molecule has 0 aliphatic heterocycles. The third kappa shape index (κ3) is 4.27. The molecule has 0 fully saturated rings. The number of amides is 2. The number of carbonyl (C=O) groups is 4. The molecule has 140 valence electrons. The fourth-order valence-electron chi connectivity index (χ4n) is 2.70. The molecule has 0 spiro atoms. The molecule has 2 amide bonds. The van der Waals surface area contributed by atoms with Crippen molar-refractivity contribution in [2.75, 3.05) is 0 Å². The first kappa shape index (κ1) is 18.9. The number of aryl methyl sites for hydroxylation is 1. The summed E-state index contributed by atoms with van der Waals surface area (Å²) in [6.07, 6.45) is -0.580. The average molecular weight is 375 g/mol. The van der Waals surface area contributed by atoms with E-state index in [2.05, 4.69) is 15.8 Å². The summed E-state index contributed by atoms with van der Waals surface area (Å²) in [6, 6.07) is 16.9. The quantitative estimate of drug-likeness (QED) is 0.308. The molecule has 0 aliphatic rings. The summed E-state index contributed by atoms with van der Waals surface area (Å²) in [4.78, 5) is 52.7. The third-order valence-corrected chi connectivity index (χ3v) is 4.05. The zero-order valence-electron chi connectivity index (χ0n) is 15.1. The summed E-state index contributed by atoms with van der Waals surface area (Å²) in [7, 11) is 0. The van der Waals surface area contributed by atoms with Crippen molar-refractivity contribution in [2.45, 2.75) is 13.3 Å². The normalized spacial score (nSPS) is 10.3. The van der Waals surface area contributed by atoms with Gasteiger partial charge in [-0.05, 0) is 19.1 Å². The lowest BCUT2D eigenvalue weighted by molar-refractivity contribution is -0.137. The predicted molar refractivity (Wildman–Crippen MR) is 102 cm³/mol. The Balaban J connectivity index is 1.64. The second kappa shape index (κ2) is 8.22. The molecule has 7 nitrogen and oxygen atoms in total. The molecular formula is C21H17N3O4. The van der Waals surface area contributed by atoms with E-state index in [1.165, 1.54) is 0 Å². The standard InChI is InChI=1S/C21H17N3O4/c1-13-11-16(15-9-5-6-10-17(15)22-13)20(27)23-24-21(28)19(26)12-18(25)14-7-3-2-4-8-14/h2-11H,12H2,1H3,(H,23,27)(H,24,28). The number of benzene rings is 2. The van der Waals surface area contributed by atoms with Gasteiger partial charge >= 0.3 is 5.91 Å². The lowest BCUT2D eigenvalue weighted by Crippen LogP contribution is -2.45. The maximum Gasteiger partial charge on any atom is 0.306 e. The van der Waals surface area contributed by atoms with Crippen molar-refractivity contribution in [2.24, 2.45) is 0 Å². The molecule has 3 aromatic rings. The lowest BCUT2D eigenvalue weighted by Gasteiger charge is -2.09. The maximum absolute atomic E-state index is 12.4. The number of ketones is 2. The molecule has 2 aromatic carbocycles. The first-order valence-corrected chi connectivity index (χ1v) is 8.54. The highest BCUT2D eigenvalue weighted by molar-refractivity contribution is 6.40. The summed E-state index contributed by atoms with van der Waals surface area (Å²) >= 11 is 0. The Morgan fingerprint density at radius 2 is 1.57 bits per heavy atom. The molecule has 0 saturated carbocycles. The van der Waals surface area contributed by atoms with Crippen LogP contribution in [0, 0.1) is 6.92 Å². The summed E-state index contributed by atoms with van der Waals surface area (Å²) in [5, 5.41) is 0.616. The number of hydrazine groups is 1. The molecule has 0 unspecified atom stereocenters. The Bertz CT molecular complexity index is 1080. The minimum atomic E-state index is -1.06. The first-order valence-electron chi connectivity index (χ1n) is 8.54. The van der Waals surface area contributed by atoms with Gasteiger partial charge in [-0.1, -0.05) is 48.5 Å². The van der Waals surface area contributed by atoms with Gasteiger partial charge in [0.1, 0.15) is 0 Å². The van der Waals surface area contributed by atoms with Crippen LogP contribution in [-0.2, 0) is 9.59 Å². The molecular weight excluding hydrogens is 358 g/mol. The number of hydrogen-bond acceptors (Lipinski definition) is 5. The number of aromatic nitrogens is 1. The fourth-order valence-corrected chi connectivity index (χ4v) is 2.70. The van der Waals surface area contributed by atoms with Crippen molar-refractivity contribution in [3.8, 4) is 0 Å². The Morgan fingerprint density at radius 3 is 2.32 bits per heavy atom. The van der Waals surface area contributed by atoms with E-state index in [-0.39, 0.29) is 0 Å². The van der Waals surface area contributed by atoms with Crippen LogP contribution in [0.4, 0.5) is 0 Å². The van der Waals surface area contributed by atoms with E-state index >= 15 is 0 Å². The topological polar surface area (TPSA) is 105 Å². The zero-order valence-corrected chi connectivity index (χ0v) is 15.1. The third-order valence-electron chi connectivity index (χ3n) is 4.05. The van der Waals surface area contributed by atoms with Gasteiger partial charge in [0.2, 0.25) is 5.78 Å². The van der Waals surface area contributed by atoms with E-state index in [0.717, 1.165) is 0 Å². The zero-order chi connectivity index (χ0) is 20.1. The van der Waals surface area contributed by atoms with E-state index in [1.807, 2.05) is 0 Å². The van der Waals surface area contributed by atoms with Crippen molar-refractivity contribution in [1.82, 2.24) is 15.8 Å². The average Bonchev–Trinajstić information content (AvgIpc) is 2.71. The maximum atomic E-state index is 12.4. The highest BCUT2D eigenvalue weighted by Crippen LogP contribution is 2.17. The first-order chi connectivity index (χ1) is 13.5. The Kier molecular flexibility index (Phi) is 5.55. The van der Waals surface area contributed by atoms with Gasteiger partial charge in [0.25, 0.3) is 5.91 Å². The van der Waals surface area contributed by atoms with Gasteiger partial charge in [-0.15, -0.1) is 0 Å². The number of para-hydroxylation sites is 1. The van der Waals surface area contributed by atoms with Gasteiger partial charge in [0.05, 0.1) is 17.5 Å². The molecule has 2 N–H and O–H groups in total. The summed E-state index contributed by atoms with van der Waals surface area (Å²) in [5.74, 6) is -3.06. The number of hydrogen-bond donors (Lipinski definition) is 2. The van der Waals surface area contributed by atoms with Crippen LogP contribution < -0.4 is 10.9 Å². The molecule has 3 rings (SSSR count). The number of carbonyl (C=O) groups excluding carboxylic acids is 4. The molecule has 28 heavy (non-hydrogen) atoms. The second-order valence-corrected chi connectivity index (χ2v) is 6.13. The second-order valence-electron chi connectivity index (χ2n) is 6.13. The number of nitrogens with one attached hydrogen (secondary N) is 2. The van der Waals surface area contributed by atoms with Gasteiger partial charge in [0.15, 0.2) is 5.78 Å². The predicted octanol–water partition coefficient (Wildman–Crippen LogP) is 2.15. The molecule has 0 saturated heterocycles. The number of pyridine rings is 1. The van der Waals surface area contributed by atoms with E-state index in [9.17, 15) is 19.2 Å². The van der Waals surface area contributed by atoms with Crippen molar-refractivity contribution in [3.63, 3.8) is 0 Å². The van der Waals surface area contributed by atoms with Gasteiger partial charge in [-0.2, -0.15) is 0 Å². The van der Waals surface area contributed by atoms with Crippen LogP contribution in [0.25, 0.3) is 10.9 Å². The highest BCUT2D eigenvalue weighted by atomic mass is 16.2. The van der Waals surface area contributed by atoms with Gasteiger partial charge in [-0.3, -0.25) is 35.0 Å². The van der Waals surface area contributed by atoms with E-state index < -0.39 is 29.8 Å². The lowest BCUT2D eigenvalue weighted by atomic mass is 10.1. The van der Waals surface area contributed by atoms with Crippen LogP contribution in [-0.4, -0.2) is 28.4 Å². The van der Waals surface area contributed by atoms with E-state index in [1.54, 1.807) is 67.6 Å². The molecule has 1 aromatic heterocycles. The number of Topliss-reactive ketones (excluding diaryl/α,β-unsaturated/α-hetero) is 2. The molecule has 0 radical (unpaired) electrons. The van der Waals surface area contributed by atoms with Crippen molar-refractivity contribution >= 4 is 34.3 Å². The molecule has 0 atom stereocenters.